The van der Waals surface area contributed by atoms with E-state index in [1.807, 2.05) is 13.0 Å². The lowest BCUT2D eigenvalue weighted by atomic mass is 10.1. The molecule has 31 heavy (non-hydrogen) atoms. The van der Waals surface area contributed by atoms with Crippen LogP contribution in [-0.4, -0.2) is 49.7 Å². The average Bonchev–Trinajstić information content (AvgIpc) is 3.63. The Hall–Kier alpha value is -2.97. The molecule has 0 bridgehead atoms. The first-order valence-corrected chi connectivity index (χ1v) is 10.8. The number of carboxylic acids is 1. The van der Waals surface area contributed by atoms with Gasteiger partial charge in [-0.05, 0) is 56.6 Å². The molecule has 0 amide bonds. The number of hydrogen-bond donors (Lipinski definition) is 1. The zero-order valence-corrected chi connectivity index (χ0v) is 17.7. The highest BCUT2D eigenvalue weighted by molar-refractivity contribution is 5.75. The maximum atomic E-state index is 12.2. The van der Waals surface area contributed by atoms with Crippen molar-refractivity contribution in [2.24, 2.45) is 30.7 Å². The van der Waals surface area contributed by atoms with E-state index >= 15 is 0 Å². The van der Waals surface area contributed by atoms with Gasteiger partial charge in [-0.15, -0.1) is 5.10 Å². The van der Waals surface area contributed by atoms with Gasteiger partial charge in [-0.1, -0.05) is 5.21 Å². The Kier molecular flexibility index (Phi) is 4.91. The zero-order valence-electron chi connectivity index (χ0n) is 17.7. The van der Waals surface area contributed by atoms with Gasteiger partial charge in [0, 0.05) is 13.0 Å². The minimum Gasteiger partial charge on any atom is -0.488 e. The fourth-order valence-corrected chi connectivity index (χ4v) is 4.74. The lowest BCUT2D eigenvalue weighted by molar-refractivity contribution is -0.143. The average molecular weight is 426 g/mol. The largest absolute Gasteiger partial charge is 0.488 e. The van der Waals surface area contributed by atoms with Crippen molar-refractivity contribution in [2.45, 2.75) is 45.1 Å². The monoisotopic (exact) mass is 426 g/mol. The van der Waals surface area contributed by atoms with Crippen LogP contribution in [-0.2, 0) is 27.8 Å². The van der Waals surface area contributed by atoms with Gasteiger partial charge in [-0.3, -0.25) is 14.3 Å². The van der Waals surface area contributed by atoms with Crippen molar-refractivity contribution in [1.82, 2.24) is 20.0 Å². The predicted molar refractivity (Wildman–Crippen MR) is 108 cm³/mol. The smallest absolute Gasteiger partial charge is 0.311 e. The van der Waals surface area contributed by atoms with E-state index < -0.39 is 5.97 Å². The number of aliphatic carboxylic acids is 1. The first-order valence-electron chi connectivity index (χ1n) is 10.8. The van der Waals surface area contributed by atoms with E-state index in [1.54, 1.807) is 17.8 Å². The molecule has 9 nitrogen and oxygen atoms in total. The maximum Gasteiger partial charge on any atom is 0.311 e. The van der Waals surface area contributed by atoms with Crippen LogP contribution >= 0.6 is 0 Å². The first-order chi connectivity index (χ1) is 14.9. The predicted octanol–water partition coefficient (Wildman–Crippen LogP) is 2.17. The molecule has 3 saturated carbocycles. The normalized spacial score (nSPS) is 26.4. The number of fused-ring (bicyclic) bond motifs is 1. The summed E-state index contributed by atoms with van der Waals surface area (Å²) in [6.45, 7) is 2.33. The molecular weight excluding hydrogens is 400 g/mol. The molecule has 164 valence electrons. The lowest BCUT2D eigenvalue weighted by Crippen LogP contribution is -2.20. The number of nitrogens with zero attached hydrogens (tertiary/aromatic N) is 4. The molecule has 0 spiro atoms. The molecule has 0 saturated heterocycles. The van der Waals surface area contributed by atoms with Gasteiger partial charge >= 0.3 is 11.9 Å². The Labute approximate surface area is 179 Å². The summed E-state index contributed by atoms with van der Waals surface area (Å²) in [5.41, 5.74) is 2.51. The Morgan fingerprint density at radius 1 is 1.23 bits per heavy atom. The lowest BCUT2D eigenvalue weighted by Gasteiger charge is -2.18. The summed E-state index contributed by atoms with van der Waals surface area (Å²) >= 11 is 0. The number of carboxylic acid groups (broad SMARTS) is 1. The highest BCUT2D eigenvalue weighted by Gasteiger charge is 2.63. The number of aromatic nitrogens is 4. The Morgan fingerprint density at radius 3 is 2.71 bits per heavy atom. The van der Waals surface area contributed by atoms with E-state index in [0.29, 0.717) is 41.1 Å². The van der Waals surface area contributed by atoms with Gasteiger partial charge in [0.1, 0.15) is 17.5 Å². The minimum atomic E-state index is -0.723. The van der Waals surface area contributed by atoms with Gasteiger partial charge in [0.05, 0.1) is 36.0 Å². The molecule has 9 heteroatoms. The van der Waals surface area contributed by atoms with Gasteiger partial charge < -0.3 is 14.6 Å². The van der Waals surface area contributed by atoms with Crippen LogP contribution in [0.2, 0.25) is 0 Å². The van der Waals surface area contributed by atoms with E-state index in [0.717, 1.165) is 25.7 Å². The van der Waals surface area contributed by atoms with Crippen molar-refractivity contribution in [1.29, 1.82) is 0 Å². The van der Waals surface area contributed by atoms with Crippen molar-refractivity contribution in [3.05, 3.63) is 23.5 Å². The summed E-state index contributed by atoms with van der Waals surface area (Å²) < 4.78 is 13.1. The fraction of sp³-hybridized carbons (Fsp3) is 0.591. The van der Waals surface area contributed by atoms with Gasteiger partial charge in [-0.2, -0.15) is 0 Å². The van der Waals surface area contributed by atoms with Crippen LogP contribution in [0, 0.1) is 30.6 Å². The van der Waals surface area contributed by atoms with Crippen molar-refractivity contribution in [3.8, 4) is 17.1 Å². The number of esters is 1. The molecule has 0 aromatic carbocycles. The first kappa shape index (κ1) is 20.0. The van der Waals surface area contributed by atoms with Crippen molar-refractivity contribution < 1.29 is 24.2 Å². The number of aryl methyl sites for hydroxylation is 2. The number of carbonyl (C=O) groups excluding carboxylic acids is 1. The van der Waals surface area contributed by atoms with Crippen LogP contribution in [0.15, 0.2) is 12.1 Å². The number of hydrogen-bond acceptors (Lipinski definition) is 7. The second-order valence-corrected chi connectivity index (χ2v) is 8.93. The third-order valence-electron chi connectivity index (χ3n) is 6.72. The number of ether oxygens (including phenoxy) is 2. The van der Waals surface area contributed by atoms with Crippen molar-refractivity contribution >= 4 is 11.9 Å². The third-order valence-corrected chi connectivity index (χ3v) is 6.72. The number of carbonyl (C=O) groups is 2. The summed E-state index contributed by atoms with van der Waals surface area (Å²) in [7, 11) is 1.75. The highest BCUT2D eigenvalue weighted by atomic mass is 16.5. The molecule has 0 aliphatic heterocycles. The molecule has 1 unspecified atom stereocenters. The maximum absolute atomic E-state index is 12.2. The molecule has 2 heterocycles. The molecule has 3 fully saturated rings. The van der Waals surface area contributed by atoms with Gasteiger partial charge in [-0.25, -0.2) is 4.98 Å². The fourth-order valence-electron chi connectivity index (χ4n) is 4.74. The molecule has 2 aromatic heterocycles. The van der Waals surface area contributed by atoms with Crippen LogP contribution in [0.4, 0.5) is 0 Å². The van der Waals surface area contributed by atoms with Crippen LogP contribution in [0.25, 0.3) is 11.4 Å². The molecule has 5 rings (SSSR count). The van der Waals surface area contributed by atoms with Crippen molar-refractivity contribution in [2.75, 3.05) is 6.61 Å². The quantitative estimate of drug-likeness (QED) is 0.639. The molecule has 1 N–H and O–H groups in total. The van der Waals surface area contributed by atoms with Crippen molar-refractivity contribution in [3.63, 3.8) is 0 Å². The zero-order chi connectivity index (χ0) is 21.7. The SMILES string of the molecule is Cc1nc(-c2nnn(C)c2CC(=O)OCC2CC2)ccc1O[C@@H]1CC[C@H]2C(C(=O)O)[C@@H]12. The van der Waals surface area contributed by atoms with E-state index in [-0.39, 0.29) is 36.2 Å². The number of pyridine rings is 1. The topological polar surface area (TPSA) is 116 Å². The molecule has 3 aliphatic carbocycles. The molecule has 3 aliphatic rings. The molecule has 2 aromatic rings. The van der Waals surface area contributed by atoms with Gasteiger partial charge in [0.2, 0.25) is 0 Å². The summed E-state index contributed by atoms with van der Waals surface area (Å²) in [5.74, 6) is 0.235. The van der Waals surface area contributed by atoms with Crippen LogP contribution < -0.4 is 4.74 Å². The summed E-state index contributed by atoms with van der Waals surface area (Å²) in [6, 6.07) is 3.65. The van der Waals surface area contributed by atoms with E-state index in [9.17, 15) is 14.7 Å². The van der Waals surface area contributed by atoms with Crippen LogP contribution in [0.3, 0.4) is 0 Å². The molecular formula is C22H26N4O5. The summed E-state index contributed by atoms with van der Waals surface area (Å²) in [5, 5.41) is 17.6. The number of rotatable bonds is 8. The molecule has 0 radical (unpaired) electrons. The Morgan fingerprint density at radius 2 is 2.03 bits per heavy atom. The molecule has 4 atom stereocenters. The summed E-state index contributed by atoms with van der Waals surface area (Å²) in [4.78, 5) is 28.2. The van der Waals surface area contributed by atoms with E-state index in [2.05, 4.69) is 15.3 Å². The van der Waals surface area contributed by atoms with Crippen LogP contribution in [0.5, 0.6) is 5.75 Å². The summed E-state index contributed by atoms with van der Waals surface area (Å²) in [6.07, 6.45) is 4.04. The van der Waals surface area contributed by atoms with E-state index in [4.69, 9.17) is 9.47 Å². The Bertz CT molecular complexity index is 1030. The van der Waals surface area contributed by atoms with Crippen LogP contribution in [0.1, 0.15) is 37.1 Å². The second-order valence-electron chi connectivity index (χ2n) is 8.93. The Balaban J connectivity index is 1.29. The van der Waals surface area contributed by atoms with Gasteiger partial charge in [0.15, 0.2) is 0 Å². The second kappa shape index (κ2) is 7.62. The highest BCUT2D eigenvalue weighted by Crippen LogP contribution is 2.58. The van der Waals surface area contributed by atoms with E-state index in [1.165, 1.54) is 0 Å². The third kappa shape index (κ3) is 3.88. The van der Waals surface area contributed by atoms with Gasteiger partial charge in [0.25, 0.3) is 0 Å². The standard InChI is InChI=1S/C22H26N4O5/c1-11-16(31-17-7-5-13-19(17)20(13)22(28)29)8-6-14(23-11)21-15(26(2)25-24-21)9-18(27)30-10-12-3-4-12/h6,8,12-13,17,19-20H,3-5,7,9-10H2,1-2H3,(H,28,29)/t13-,17-,19-,20?/m1/s1. The minimum absolute atomic E-state index is 0.0780.